The second kappa shape index (κ2) is 5.05. The minimum atomic E-state index is -0.943. The van der Waals surface area contributed by atoms with Gasteiger partial charge in [-0.15, -0.1) is 0 Å². The van der Waals surface area contributed by atoms with E-state index >= 15 is 0 Å². The van der Waals surface area contributed by atoms with Crippen LogP contribution in [0.2, 0.25) is 10.0 Å². The lowest BCUT2D eigenvalue weighted by Crippen LogP contribution is -2.00. The summed E-state index contributed by atoms with van der Waals surface area (Å²) in [5.41, 5.74) is 0.997. The third-order valence-corrected chi connectivity index (χ3v) is 2.82. The molecule has 1 N–H and O–H groups in total. The highest BCUT2D eigenvalue weighted by atomic mass is 35.5. The Balaban J connectivity index is 2.39. The second-order valence-electron chi connectivity index (χ2n) is 3.66. The average Bonchev–Trinajstić information content (AvgIpc) is 2.26. The van der Waals surface area contributed by atoms with Crippen LogP contribution in [-0.2, 0) is 0 Å². The van der Waals surface area contributed by atoms with E-state index in [1.165, 1.54) is 18.2 Å². The normalized spacial score (nSPS) is 12.5. The molecule has 0 aliphatic heterocycles. The highest BCUT2D eigenvalue weighted by molar-refractivity contribution is 6.31. The van der Waals surface area contributed by atoms with Crippen LogP contribution >= 0.6 is 23.2 Å². The Morgan fingerprint density at radius 3 is 2.29 bits per heavy atom. The van der Waals surface area contributed by atoms with Crippen LogP contribution in [0.3, 0.4) is 0 Å². The molecule has 2 rings (SSSR count). The predicted octanol–water partition coefficient (Wildman–Crippen LogP) is 4.21. The van der Waals surface area contributed by atoms with Crippen molar-refractivity contribution >= 4 is 23.2 Å². The summed E-state index contributed by atoms with van der Waals surface area (Å²) in [6.07, 6.45) is -0.943. The maximum absolute atomic E-state index is 13.2. The first-order chi connectivity index (χ1) is 8.06. The number of benzene rings is 2. The largest absolute Gasteiger partial charge is 0.384 e. The molecule has 0 aliphatic carbocycles. The number of hydrogen-bond donors (Lipinski definition) is 1. The molecule has 2 aromatic rings. The molecule has 1 unspecified atom stereocenters. The van der Waals surface area contributed by atoms with Crippen molar-refractivity contribution in [1.29, 1.82) is 0 Å². The van der Waals surface area contributed by atoms with Crippen molar-refractivity contribution in [3.05, 3.63) is 69.5 Å². The number of hydrogen-bond acceptors (Lipinski definition) is 1. The fourth-order valence-electron chi connectivity index (χ4n) is 1.60. The van der Waals surface area contributed by atoms with Gasteiger partial charge in [0.25, 0.3) is 0 Å². The van der Waals surface area contributed by atoms with Crippen molar-refractivity contribution in [1.82, 2.24) is 0 Å². The van der Waals surface area contributed by atoms with Gasteiger partial charge in [0.1, 0.15) is 11.9 Å². The van der Waals surface area contributed by atoms with Crippen LogP contribution in [0.1, 0.15) is 17.2 Å². The lowest BCUT2D eigenvalue weighted by Gasteiger charge is -2.12. The van der Waals surface area contributed by atoms with Gasteiger partial charge in [-0.05, 0) is 41.5 Å². The Hall–Kier alpha value is -1.09. The summed E-state index contributed by atoms with van der Waals surface area (Å²) in [6.45, 7) is 0. The number of rotatable bonds is 2. The zero-order chi connectivity index (χ0) is 12.4. The quantitative estimate of drug-likeness (QED) is 0.867. The van der Waals surface area contributed by atoms with Crippen LogP contribution in [0.25, 0.3) is 0 Å². The summed E-state index contributed by atoms with van der Waals surface area (Å²) in [6, 6.07) is 10.7. The first kappa shape index (κ1) is 12.4. The molecule has 88 valence electrons. The summed E-state index contributed by atoms with van der Waals surface area (Å²) in [5, 5.41) is 10.8. The maximum Gasteiger partial charge on any atom is 0.125 e. The molecule has 0 aromatic heterocycles. The summed E-state index contributed by atoms with van der Waals surface area (Å²) >= 11 is 11.6. The molecule has 0 spiro atoms. The molecule has 17 heavy (non-hydrogen) atoms. The third-order valence-electron chi connectivity index (χ3n) is 2.37. The molecule has 0 saturated carbocycles. The van der Waals surface area contributed by atoms with Gasteiger partial charge in [0.2, 0.25) is 0 Å². The summed E-state index contributed by atoms with van der Waals surface area (Å²) < 4.78 is 13.2. The topological polar surface area (TPSA) is 20.2 Å². The van der Waals surface area contributed by atoms with Gasteiger partial charge in [-0.2, -0.15) is 0 Å². The molecule has 0 amide bonds. The van der Waals surface area contributed by atoms with E-state index in [1.54, 1.807) is 24.3 Å². The Bertz CT molecular complexity index is 522. The van der Waals surface area contributed by atoms with E-state index in [0.29, 0.717) is 16.1 Å². The Labute approximate surface area is 108 Å². The summed E-state index contributed by atoms with van der Waals surface area (Å²) in [7, 11) is 0. The first-order valence-electron chi connectivity index (χ1n) is 4.96. The Morgan fingerprint density at radius 1 is 0.941 bits per heavy atom. The van der Waals surface area contributed by atoms with Gasteiger partial charge in [0, 0.05) is 10.0 Å². The summed E-state index contributed by atoms with van der Waals surface area (Å²) in [4.78, 5) is 0. The fraction of sp³-hybridized carbons (Fsp3) is 0.0769. The van der Waals surface area contributed by atoms with Gasteiger partial charge in [0.05, 0.1) is 0 Å². The fourth-order valence-corrected chi connectivity index (χ4v) is 2.03. The van der Waals surface area contributed by atoms with E-state index in [-0.39, 0.29) is 5.02 Å². The standard InChI is InChI=1S/C13H9Cl2FO/c14-10-3-1-2-8(4-10)13(17)9-5-11(15)7-12(16)6-9/h1-7,13,17H. The molecule has 1 atom stereocenters. The van der Waals surface area contributed by atoms with E-state index in [2.05, 4.69) is 0 Å². The number of halogens is 3. The smallest absolute Gasteiger partial charge is 0.125 e. The van der Waals surface area contributed by atoms with Crippen molar-refractivity contribution in [2.24, 2.45) is 0 Å². The van der Waals surface area contributed by atoms with Gasteiger partial charge >= 0.3 is 0 Å². The SMILES string of the molecule is OC(c1cccc(Cl)c1)c1cc(F)cc(Cl)c1. The van der Waals surface area contributed by atoms with E-state index in [1.807, 2.05) is 0 Å². The monoisotopic (exact) mass is 270 g/mol. The number of aliphatic hydroxyl groups is 1. The average molecular weight is 271 g/mol. The van der Waals surface area contributed by atoms with E-state index in [4.69, 9.17) is 23.2 Å². The zero-order valence-corrected chi connectivity index (χ0v) is 10.2. The molecular formula is C13H9Cl2FO. The highest BCUT2D eigenvalue weighted by Gasteiger charge is 2.12. The van der Waals surface area contributed by atoms with E-state index in [9.17, 15) is 9.50 Å². The van der Waals surface area contributed by atoms with Gasteiger partial charge < -0.3 is 5.11 Å². The third kappa shape index (κ3) is 2.97. The second-order valence-corrected chi connectivity index (χ2v) is 4.53. The molecule has 0 radical (unpaired) electrons. The molecule has 0 aliphatic rings. The predicted molar refractivity (Wildman–Crippen MR) is 66.9 cm³/mol. The highest BCUT2D eigenvalue weighted by Crippen LogP contribution is 2.26. The van der Waals surface area contributed by atoms with Gasteiger partial charge in [0.15, 0.2) is 0 Å². The van der Waals surface area contributed by atoms with Crippen LogP contribution < -0.4 is 0 Å². The van der Waals surface area contributed by atoms with Crippen molar-refractivity contribution in [3.8, 4) is 0 Å². The van der Waals surface area contributed by atoms with E-state index < -0.39 is 11.9 Å². The van der Waals surface area contributed by atoms with Crippen LogP contribution in [0, 0.1) is 5.82 Å². The molecule has 4 heteroatoms. The molecular weight excluding hydrogens is 262 g/mol. The van der Waals surface area contributed by atoms with Crippen LogP contribution in [-0.4, -0.2) is 5.11 Å². The molecule has 0 saturated heterocycles. The lowest BCUT2D eigenvalue weighted by molar-refractivity contribution is 0.220. The van der Waals surface area contributed by atoms with Crippen LogP contribution in [0.15, 0.2) is 42.5 Å². The van der Waals surface area contributed by atoms with Crippen molar-refractivity contribution in [2.75, 3.05) is 0 Å². The van der Waals surface area contributed by atoms with Gasteiger partial charge in [-0.3, -0.25) is 0 Å². The zero-order valence-electron chi connectivity index (χ0n) is 8.70. The van der Waals surface area contributed by atoms with Crippen molar-refractivity contribution in [3.63, 3.8) is 0 Å². The first-order valence-corrected chi connectivity index (χ1v) is 5.71. The van der Waals surface area contributed by atoms with E-state index in [0.717, 1.165) is 0 Å². The minimum absolute atomic E-state index is 0.251. The van der Waals surface area contributed by atoms with Crippen LogP contribution in [0.4, 0.5) is 4.39 Å². The van der Waals surface area contributed by atoms with Crippen molar-refractivity contribution < 1.29 is 9.50 Å². The van der Waals surface area contributed by atoms with Gasteiger partial charge in [-0.25, -0.2) is 4.39 Å². The molecule has 2 aromatic carbocycles. The van der Waals surface area contributed by atoms with Crippen LogP contribution in [0.5, 0.6) is 0 Å². The van der Waals surface area contributed by atoms with Crippen molar-refractivity contribution in [2.45, 2.75) is 6.10 Å². The minimum Gasteiger partial charge on any atom is -0.384 e. The molecule has 0 bridgehead atoms. The Morgan fingerprint density at radius 2 is 1.65 bits per heavy atom. The molecule has 0 fully saturated rings. The number of aliphatic hydroxyl groups excluding tert-OH is 1. The maximum atomic E-state index is 13.2. The Kier molecular flexibility index (Phi) is 3.67. The lowest BCUT2D eigenvalue weighted by atomic mass is 10.0. The summed E-state index contributed by atoms with van der Waals surface area (Å²) in [5.74, 6) is -0.478. The molecule has 0 heterocycles. The van der Waals surface area contributed by atoms with Gasteiger partial charge in [-0.1, -0.05) is 35.3 Å². The molecule has 1 nitrogen and oxygen atoms in total.